The first-order valence-corrected chi connectivity index (χ1v) is 8.34. The Kier molecular flexibility index (Phi) is 7.61. The molecule has 1 N–H and O–H groups in total. The van der Waals surface area contributed by atoms with E-state index in [9.17, 15) is 14.4 Å². The van der Waals surface area contributed by atoms with Crippen molar-refractivity contribution in [3.05, 3.63) is 35.4 Å². The van der Waals surface area contributed by atoms with Gasteiger partial charge in [0.25, 0.3) is 5.91 Å². The molecule has 2 amide bonds. The fourth-order valence-corrected chi connectivity index (χ4v) is 2.20. The monoisotopic (exact) mass is 348 g/mol. The van der Waals surface area contributed by atoms with Crippen molar-refractivity contribution in [1.29, 1.82) is 0 Å². The Morgan fingerprint density at radius 3 is 2.24 bits per heavy atom. The van der Waals surface area contributed by atoms with Gasteiger partial charge in [0.05, 0.1) is 13.7 Å². The summed E-state index contributed by atoms with van der Waals surface area (Å²) in [6.45, 7) is 6.68. The van der Waals surface area contributed by atoms with E-state index in [2.05, 4.69) is 30.8 Å². The minimum absolute atomic E-state index is 0.0257. The highest BCUT2D eigenvalue weighted by Crippen LogP contribution is 2.22. The molecule has 6 heteroatoms. The molecule has 25 heavy (non-hydrogen) atoms. The summed E-state index contributed by atoms with van der Waals surface area (Å²) in [5, 5.41) is 2.63. The van der Waals surface area contributed by atoms with Crippen LogP contribution in [0.15, 0.2) is 24.3 Å². The molecule has 0 spiro atoms. The molecule has 1 rings (SSSR count). The van der Waals surface area contributed by atoms with Gasteiger partial charge < -0.3 is 15.0 Å². The number of carbonyl (C=O) groups is 3. The maximum absolute atomic E-state index is 12.1. The summed E-state index contributed by atoms with van der Waals surface area (Å²) < 4.78 is 4.55. The fourth-order valence-electron chi connectivity index (χ4n) is 2.20. The number of hydrogen-bond acceptors (Lipinski definition) is 4. The topological polar surface area (TPSA) is 75.7 Å². The van der Waals surface area contributed by atoms with E-state index in [4.69, 9.17) is 0 Å². The number of likely N-dealkylation sites (N-methyl/N-ethyl adjacent to an activating group) is 1. The smallest absolute Gasteiger partial charge is 0.305 e. The molecule has 0 aromatic heterocycles. The first-order chi connectivity index (χ1) is 11.6. The molecule has 138 valence electrons. The Morgan fingerprint density at radius 2 is 1.72 bits per heavy atom. The van der Waals surface area contributed by atoms with Gasteiger partial charge in [0, 0.05) is 25.6 Å². The molecule has 0 aliphatic carbocycles. The lowest BCUT2D eigenvalue weighted by molar-refractivity contribution is -0.141. The number of nitrogens with zero attached hydrogens (tertiary/aromatic N) is 1. The molecule has 0 aliphatic rings. The fraction of sp³-hybridized carbons (Fsp3) is 0.526. The van der Waals surface area contributed by atoms with E-state index >= 15 is 0 Å². The predicted octanol–water partition coefficient (Wildman–Crippen LogP) is 2.13. The minimum Gasteiger partial charge on any atom is -0.469 e. The van der Waals surface area contributed by atoms with Crippen LogP contribution in [0.1, 0.15) is 49.5 Å². The van der Waals surface area contributed by atoms with Gasteiger partial charge in [-0.15, -0.1) is 0 Å². The lowest BCUT2D eigenvalue weighted by Crippen LogP contribution is -2.38. The lowest BCUT2D eigenvalue weighted by Gasteiger charge is -2.19. The molecular formula is C19H28N2O4. The van der Waals surface area contributed by atoms with E-state index in [0.29, 0.717) is 18.5 Å². The summed E-state index contributed by atoms with van der Waals surface area (Å²) in [5.41, 5.74) is 1.69. The van der Waals surface area contributed by atoms with Crippen molar-refractivity contribution in [1.82, 2.24) is 10.2 Å². The van der Waals surface area contributed by atoms with Gasteiger partial charge in [-0.1, -0.05) is 32.9 Å². The SMILES string of the molecule is COC(=O)CCCN(C)C(=O)CNC(=O)c1ccc(C(C)(C)C)cc1. The van der Waals surface area contributed by atoms with Crippen LogP contribution < -0.4 is 5.32 Å². The number of benzene rings is 1. The summed E-state index contributed by atoms with van der Waals surface area (Å²) in [7, 11) is 2.98. The van der Waals surface area contributed by atoms with Crippen LogP contribution in [0.3, 0.4) is 0 Å². The number of hydrogen-bond donors (Lipinski definition) is 1. The Morgan fingerprint density at radius 1 is 1.12 bits per heavy atom. The molecule has 0 atom stereocenters. The Bertz CT molecular complexity index is 603. The Hall–Kier alpha value is -2.37. The molecule has 0 saturated heterocycles. The number of carbonyl (C=O) groups excluding carboxylic acids is 3. The Labute approximate surface area is 149 Å². The highest BCUT2D eigenvalue weighted by Gasteiger charge is 2.15. The van der Waals surface area contributed by atoms with Crippen molar-refractivity contribution in [3.63, 3.8) is 0 Å². The van der Waals surface area contributed by atoms with Crippen molar-refractivity contribution in [2.45, 2.75) is 39.0 Å². The van der Waals surface area contributed by atoms with Crippen LogP contribution in [0, 0.1) is 0 Å². The van der Waals surface area contributed by atoms with Gasteiger partial charge in [0.15, 0.2) is 0 Å². The molecule has 0 heterocycles. The molecule has 0 unspecified atom stereocenters. The van der Waals surface area contributed by atoms with Crippen LogP contribution in [-0.4, -0.2) is 49.9 Å². The average molecular weight is 348 g/mol. The van der Waals surface area contributed by atoms with E-state index in [0.717, 1.165) is 5.56 Å². The van der Waals surface area contributed by atoms with Crippen molar-refractivity contribution in [2.75, 3.05) is 27.2 Å². The maximum Gasteiger partial charge on any atom is 0.305 e. The van der Waals surface area contributed by atoms with Crippen LogP contribution in [-0.2, 0) is 19.7 Å². The molecule has 0 radical (unpaired) electrons. The van der Waals surface area contributed by atoms with Crippen molar-refractivity contribution >= 4 is 17.8 Å². The second kappa shape index (κ2) is 9.20. The quantitative estimate of drug-likeness (QED) is 0.766. The molecule has 0 fully saturated rings. The standard InChI is InChI=1S/C19H28N2O4/c1-19(2,3)15-10-8-14(9-11-15)18(24)20-13-16(22)21(4)12-6-7-17(23)25-5/h8-11H,6-7,12-13H2,1-5H3,(H,20,24). The summed E-state index contributed by atoms with van der Waals surface area (Å²) in [6.07, 6.45) is 0.789. The average Bonchev–Trinajstić information content (AvgIpc) is 2.58. The van der Waals surface area contributed by atoms with E-state index in [1.807, 2.05) is 12.1 Å². The third kappa shape index (κ3) is 6.95. The van der Waals surface area contributed by atoms with Crippen LogP contribution in [0.2, 0.25) is 0 Å². The number of ether oxygens (including phenoxy) is 1. The van der Waals surface area contributed by atoms with Crippen molar-refractivity contribution in [3.8, 4) is 0 Å². The highest BCUT2D eigenvalue weighted by atomic mass is 16.5. The Balaban J connectivity index is 2.44. The molecular weight excluding hydrogens is 320 g/mol. The van der Waals surface area contributed by atoms with Crippen LogP contribution >= 0.6 is 0 Å². The zero-order chi connectivity index (χ0) is 19.0. The molecule has 6 nitrogen and oxygen atoms in total. The summed E-state index contributed by atoms with van der Waals surface area (Å²) in [6, 6.07) is 7.38. The number of methoxy groups -OCH3 is 1. The third-order valence-electron chi connectivity index (χ3n) is 3.94. The van der Waals surface area contributed by atoms with Gasteiger partial charge in [-0.05, 0) is 29.5 Å². The number of rotatable bonds is 7. The first kappa shape index (κ1) is 20.7. The van der Waals surface area contributed by atoms with Gasteiger partial charge in [-0.25, -0.2) is 0 Å². The zero-order valence-electron chi connectivity index (χ0n) is 15.7. The van der Waals surface area contributed by atoms with Gasteiger partial charge in [0.2, 0.25) is 5.91 Å². The van der Waals surface area contributed by atoms with Crippen molar-refractivity contribution in [2.24, 2.45) is 0 Å². The summed E-state index contributed by atoms with van der Waals surface area (Å²) >= 11 is 0. The largest absolute Gasteiger partial charge is 0.469 e. The van der Waals surface area contributed by atoms with Crippen LogP contribution in [0.25, 0.3) is 0 Å². The molecule has 0 aliphatic heterocycles. The van der Waals surface area contributed by atoms with Gasteiger partial charge >= 0.3 is 5.97 Å². The summed E-state index contributed by atoms with van der Waals surface area (Å²) in [5.74, 6) is -0.783. The number of nitrogens with one attached hydrogen (secondary N) is 1. The van der Waals surface area contributed by atoms with Crippen LogP contribution in [0.4, 0.5) is 0 Å². The first-order valence-electron chi connectivity index (χ1n) is 8.34. The second-order valence-corrected chi connectivity index (χ2v) is 7.01. The third-order valence-corrected chi connectivity index (χ3v) is 3.94. The number of amides is 2. The lowest BCUT2D eigenvalue weighted by atomic mass is 9.87. The number of esters is 1. The second-order valence-electron chi connectivity index (χ2n) is 7.01. The molecule has 0 saturated carbocycles. The van der Waals surface area contributed by atoms with Gasteiger partial charge in [-0.3, -0.25) is 14.4 Å². The zero-order valence-corrected chi connectivity index (χ0v) is 15.7. The van der Waals surface area contributed by atoms with E-state index in [1.165, 1.54) is 12.0 Å². The molecule has 0 bridgehead atoms. The summed E-state index contributed by atoms with van der Waals surface area (Å²) in [4.78, 5) is 36.7. The van der Waals surface area contributed by atoms with E-state index < -0.39 is 0 Å². The molecule has 1 aromatic carbocycles. The van der Waals surface area contributed by atoms with E-state index in [1.54, 1.807) is 19.2 Å². The van der Waals surface area contributed by atoms with Crippen LogP contribution in [0.5, 0.6) is 0 Å². The van der Waals surface area contributed by atoms with Gasteiger partial charge in [0.1, 0.15) is 0 Å². The van der Waals surface area contributed by atoms with E-state index in [-0.39, 0.29) is 36.2 Å². The normalized spacial score (nSPS) is 10.9. The van der Waals surface area contributed by atoms with Gasteiger partial charge in [-0.2, -0.15) is 0 Å². The minimum atomic E-state index is -0.298. The van der Waals surface area contributed by atoms with Crippen molar-refractivity contribution < 1.29 is 19.1 Å². The predicted molar refractivity (Wildman–Crippen MR) is 96.4 cm³/mol. The molecule has 1 aromatic rings. The maximum atomic E-state index is 12.1. The highest BCUT2D eigenvalue weighted by molar-refractivity contribution is 5.96.